The number of aromatic nitrogens is 1. The molecular formula is C17H18FN3O. The first kappa shape index (κ1) is 14.5. The Bertz CT molecular complexity index is 672. The van der Waals surface area contributed by atoms with Crippen molar-refractivity contribution in [1.29, 1.82) is 0 Å². The van der Waals surface area contributed by atoms with Gasteiger partial charge in [0.2, 0.25) is 0 Å². The zero-order valence-electron chi connectivity index (χ0n) is 12.2. The quantitative estimate of drug-likeness (QED) is 0.926. The number of nitrogens with zero attached hydrogens (tertiary/aromatic N) is 2. The fourth-order valence-corrected chi connectivity index (χ4v) is 2.92. The third-order valence-electron chi connectivity index (χ3n) is 4.02. The number of carbonyl (C=O) groups is 1. The number of hydrogen-bond donors (Lipinski definition) is 1. The molecule has 0 aliphatic carbocycles. The summed E-state index contributed by atoms with van der Waals surface area (Å²) in [4.78, 5) is 18.7. The van der Waals surface area contributed by atoms with Crippen LogP contribution in [0, 0.1) is 5.82 Å². The van der Waals surface area contributed by atoms with Crippen molar-refractivity contribution in [3.63, 3.8) is 0 Å². The number of pyridine rings is 1. The Balaban J connectivity index is 1.89. The Labute approximate surface area is 128 Å². The molecule has 4 nitrogen and oxygen atoms in total. The molecule has 1 fully saturated rings. The summed E-state index contributed by atoms with van der Waals surface area (Å²) in [5, 5.41) is 0. The summed E-state index contributed by atoms with van der Waals surface area (Å²) in [5.41, 5.74) is 7.57. The summed E-state index contributed by atoms with van der Waals surface area (Å²) in [7, 11) is 0. The van der Waals surface area contributed by atoms with Gasteiger partial charge in [0.15, 0.2) is 0 Å². The van der Waals surface area contributed by atoms with Crippen LogP contribution in [0.15, 0.2) is 42.6 Å². The summed E-state index contributed by atoms with van der Waals surface area (Å²) in [5.74, 6) is -0.392. The maximum atomic E-state index is 13.1. The zero-order chi connectivity index (χ0) is 15.5. The molecule has 0 radical (unpaired) electrons. The molecular weight excluding hydrogens is 281 g/mol. The first-order chi connectivity index (χ1) is 10.6. The average molecular weight is 299 g/mol. The molecule has 2 heterocycles. The van der Waals surface area contributed by atoms with E-state index in [1.54, 1.807) is 30.5 Å². The van der Waals surface area contributed by atoms with E-state index in [4.69, 9.17) is 5.73 Å². The first-order valence-electron chi connectivity index (χ1n) is 7.43. The molecule has 3 rings (SSSR count). The number of amides is 1. The van der Waals surface area contributed by atoms with Crippen molar-refractivity contribution in [3.05, 3.63) is 59.7 Å². The maximum absolute atomic E-state index is 13.1. The van der Waals surface area contributed by atoms with Gasteiger partial charge < -0.3 is 10.6 Å². The van der Waals surface area contributed by atoms with Crippen LogP contribution < -0.4 is 5.73 Å². The predicted molar refractivity (Wildman–Crippen MR) is 82.7 cm³/mol. The molecule has 1 aromatic heterocycles. The minimum absolute atomic E-state index is 0.0370. The van der Waals surface area contributed by atoms with Gasteiger partial charge in [0.25, 0.3) is 5.91 Å². The van der Waals surface area contributed by atoms with E-state index in [0.717, 1.165) is 24.8 Å². The molecule has 0 saturated carbocycles. The van der Waals surface area contributed by atoms with Gasteiger partial charge in [-0.15, -0.1) is 0 Å². The van der Waals surface area contributed by atoms with E-state index >= 15 is 0 Å². The summed E-state index contributed by atoms with van der Waals surface area (Å²) < 4.78 is 13.1. The van der Waals surface area contributed by atoms with Crippen molar-refractivity contribution in [2.75, 3.05) is 12.3 Å². The Kier molecular flexibility index (Phi) is 4.04. The highest BCUT2D eigenvalue weighted by molar-refractivity contribution is 5.93. The number of carbonyl (C=O) groups excluding carboxylic acids is 1. The third kappa shape index (κ3) is 2.93. The Hall–Kier alpha value is -2.43. The topological polar surface area (TPSA) is 59.2 Å². The van der Waals surface area contributed by atoms with Crippen LogP contribution in [0.25, 0.3) is 0 Å². The molecule has 2 aromatic rings. The number of likely N-dealkylation sites (tertiary alicyclic amines) is 1. The van der Waals surface area contributed by atoms with Gasteiger partial charge in [0.1, 0.15) is 11.5 Å². The number of anilines is 1. The lowest BCUT2D eigenvalue weighted by molar-refractivity contribution is 0.0605. The lowest BCUT2D eigenvalue weighted by Crippen LogP contribution is -2.38. The largest absolute Gasteiger partial charge is 0.399 e. The van der Waals surface area contributed by atoms with Crippen molar-refractivity contribution < 1.29 is 9.18 Å². The molecule has 1 aromatic carbocycles. The normalized spacial score (nSPS) is 18.2. The van der Waals surface area contributed by atoms with Crippen LogP contribution in [0.1, 0.15) is 41.4 Å². The van der Waals surface area contributed by atoms with E-state index in [0.29, 0.717) is 17.9 Å². The van der Waals surface area contributed by atoms with Gasteiger partial charge in [0, 0.05) is 18.4 Å². The number of halogens is 1. The highest BCUT2D eigenvalue weighted by atomic mass is 19.1. The molecule has 5 heteroatoms. The number of rotatable bonds is 2. The summed E-state index contributed by atoms with van der Waals surface area (Å²) in [6.45, 7) is 0.678. The van der Waals surface area contributed by atoms with Gasteiger partial charge >= 0.3 is 0 Å². The van der Waals surface area contributed by atoms with Crippen molar-refractivity contribution in [2.45, 2.75) is 25.3 Å². The average Bonchev–Trinajstić information content (AvgIpc) is 2.55. The van der Waals surface area contributed by atoms with Crippen molar-refractivity contribution in [2.24, 2.45) is 0 Å². The Morgan fingerprint density at radius 3 is 2.73 bits per heavy atom. The van der Waals surface area contributed by atoms with E-state index in [-0.39, 0.29) is 17.8 Å². The van der Waals surface area contributed by atoms with Crippen LogP contribution in [0.3, 0.4) is 0 Å². The van der Waals surface area contributed by atoms with Crippen molar-refractivity contribution >= 4 is 11.6 Å². The van der Waals surface area contributed by atoms with E-state index in [1.807, 2.05) is 4.90 Å². The molecule has 0 bridgehead atoms. The van der Waals surface area contributed by atoms with Crippen molar-refractivity contribution in [3.8, 4) is 0 Å². The molecule has 2 N–H and O–H groups in total. The lowest BCUT2D eigenvalue weighted by atomic mass is 9.95. The molecule has 1 saturated heterocycles. The molecule has 1 atom stereocenters. The van der Waals surface area contributed by atoms with E-state index < -0.39 is 0 Å². The minimum Gasteiger partial charge on any atom is -0.399 e. The molecule has 0 unspecified atom stereocenters. The first-order valence-corrected chi connectivity index (χ1v) is 7.43. The maximum Gasteiger partial charge on any atom is 0.273 e. The molecule has 0 spiro atoms. The minimum atomic E-state index is -0.269. The van der Waals surface area contributed by atoms with E-state index in [2.05, 4.69) is 4.98 Å². The molecule has 1 amide bonds. The number of piperidine rings is 1. The SMILES string of the molecule is Nc1ccnc(C(=O)N2CCCC[C@@H]2c2ccc(F)cc2)c1. The van der Waals surface area contributed by atoms with Crippen LogP contribution in [0.5, 0.6) is 0 Å². The zero-order valence-corrected chi connectivity index (χ0v) is 12.2. The van der Waals surface area contributed by atoms with E-state index in [9.17, 15) is 9.18 Å². The standard InChI is InChI=1S/C17H18FN3O/c18-13-6-4-12(5-7-13)16-3-1-2-10-21(16)17(22)15-11-14(19)8-9-20-15/h4-9,11,16H,1-3,10H2,(H2,19,20)/t16-/m1/s1. The van der Waals surface area contributed by atoms with Gasteiger partial charge in [-0.25, -0.2) is 4.39 Å². The second-order valence-electron chi connectivity index (χ2n) is 5.54. The number of benzene rings is 1. The molecule has 1 aliphatic heterocycles. The fraction of sp³-hybridized carbons (Fsp3) is 0.294. The van der Waals surface area contributed by atoms with Crippen LogP contribution in [0.2, 0.25) is 0 Å². The monoisotopic (exact) mass is 299 g/mol. The van der Waals surface area contributed by atoms with Gasteiger partial charge in [-0.2, -0.15) is 0 Å². The van der Waals surface area contributed by atoms with Gasteiger partial charge in [0.05, 0.1) is 6.04 Å². The van der Waals surface area contributed by atoms with Crippen LogP contribution in [0.4, 0.5) is 10.1 Å². The van der Waals surface area contributed by atoms with Crippen LogP contribution >= 0.6 is 0 Å². The highest BCUT2D eigenvalue weighted by Gasteiger charge is 2.29. The summed E-state index contributed by atoms with van der Waals surface area (Å²) in [6, 6.07) is 9.58. The Morgan fingerprint density at radius 1 is 1.23 bits per heavy atom. The molecule has 1 aliphatic rings. The fourth-order valence-electron chi connectivity index (χ4n) is 2.92. The summed E-state index contributed by atoms with van der Waals surface area (Å²) in [6.07, 6.45) is 4.43. The smallest absolute Gasteiger partial charge is 0.273 e. The Morgan fingerprint density at radius 2 is 2.00 bits per heavy atom. The number of hydrogen-bond acceptors (Lipinski definition) is 3. The molecule has 22 heavy (non-hydrogen) atoms. The van der Waals surface area contributed by atoms with Crippen LogP contribution in [-0.2, 0) is 0 Å². The van der Waals surface area contributed by atoms with E-state index in [1.165, 1.54) is 12.1 Å². The second kappa shape index (κ2) is 6.13. The van der Waals surface area contributed by atoms with Gasteiger partial charge in [-0.1, -0.05) is 12.1 Å². The number of nitrogens with two attached hydrogens (primary N) is 1. The second-order valence-corrected chi connectivity index (χ2v) is 5.54. The van der Waals surface area contributed by atoms with Gasteiger partial charge in [-0.3, -0.25) is 9.78 Å². The molecule has 114 valence electrons. The summed E-state index contributed by atoms with van der Waals surface area (Å²) >= 11 is 0. The van der Waals surface area contributed by atoms with Crippen LogP contribution in [-0.4, -0.2) is 22.3 Å². The third-order valence-corrected chi connectivity index (χ3v) is 4.02. The number of nitrogen functional groups attached to an aromatic ring is 1. The predicted octanol–water partition coefficient (Wildman–Crippen LogP) is 3.17. The van der Waals surface area contributed by atoms with Gasteiger partial charge in [-0.05, 0) is 49.1 Å². The lowest BCUT2D eigenvalue weighted by Gasteiger charge is -2.36. The van der Waals surface area contributed by atoms with Crippen molar-refractivity contribution in [1.82, 2.24) is 9.88 Å². The highest BCUT2D eigenvalue weighted by Crippen LogP contribution is 2.32.